The zero-order valence-corrected chi connectivity index (χ0v) is 15.9. The summed E-state index contributed by atoms with van der Waals surface area (Å²) in [5.74, 6) is 0.444. The molecule has 0 aromatic heterocycles. The maximum Gasteiger partial charge on any atom is 0.416 e. The van der Waals surface area contributed by atoms with E-state index in [4.69, 9.17) is 4.74 Å². The molecule has 3 aromatic carbocycles. The summed E-state index contributed by atoms with van der Waals surface area (Å²) in [6.45, 7) is 1.98. The van der Waals surface area contributed by atoms with E-state index >= 15 is 0 Å². The molecule has 150 valence electrons. The quantitative estimate of drug-likeness (QED) is 0.425. The molecule has 29 heavy (non-hydrogen) atoms. The van der Waals surface area contributed by atoms with Crippen molar-refractivity contribution in [1.29, 1.82) is 0 Å². The highest BCUT2D eigenvalue weighted by molar-refractivity contribution is 5.67. The van der Waals surface area contributed by atoms with Gasteiger partial charge < -0.3 is 4.74 Å². The second kappa shape index (κ2) is 7.54. The molecule has 1 heterocycles. The fraction of sp³-hybridized carbons (Fsp3) is 0.250. The lowest BCUT2D eigenvalue weighted by atomic mass is 9.93. The summed E-state index contributed by atoms with van der Waals surface area (Å²) < 4.78 is 58.7. The Kier molecular flexibility index (Phi) is 5.07. The molecular weight excluding hydrogens is 380 g/mol. The molecule has 0 fully saturated rings. The molecule has 0 saturated carbocycles. The molecule has 1 aliphatic heterocycles. The van der Waals surface area contributed by atoms with Crippen molar-refractivity contribution < 1.29 is 22.3 Å². The van der Waals surface area contributed by atoms with Gasteiger partial charge in [0.2, 0.25) is 0 Å². The summed E-state index contributed by atoms with van der Waals surface area (Å²) in [6.07, 6.45) is -2.50. The van der Waals surface area contributed by atoms with Crippen molar-refractivity contribution in [2.75, 3.05) is 0 Å². The predicted molar refractivity (Wildman–Crippen MR) is 104 cm³/mol. The highest BCUT2D eigenvalue weighted by Crippen LogP contribution is 2.38. The fourth-order valence-corrected chi connectivity index (χ4v) is 3.69. The van der Waals surface area contributed by atoms with Gasteiger partial charge in [-0.2, -0.15) is 13.2 Å². The van der Waals surface area contributed by atoms with Crippen molar-refractivity contribution in [2.24, 2.45) is 0 Å². The van der Waals surface area contributed by atoms with Crippen LogP contribution in [-0.2, 0) is 19.0 Å². The largest absolute Gasteiger partial charge is 0.485 e. The fourth-order valence-electron chi connectivity index (χ4n) is 3.69. The van der Waals surface area contributed by atoms with E-state index in [1.54, 1.807) is 12.1 Å². The van der Waals surface area contributed by atoms with Gasteiger partial charge in [-0.05, 0) is 71.8 Å². The van der Waals surface area contributed by atoms with Crippen molar-refractivity contribution in [1.82, 2.24) is 0 Å². The van der Waals surface area contributed by atoms with Crippen LogP contribution >= 0.6 is 0 Å². The van der Waals surface area contributed by atoms with Crippen LogP contribution in [0.15, 0.2) is 60.7 Å². The minimum absolute atomic E-state index is 0.247. The number of halogens is 4. The van der Waals surface area contributed by atoms with Crippen LogP contribution in [0.3, 0.4) is 0 Å². The van der Waals surface area contributed by atoms with Crippen LogP contribution in [0.2, 0.25) is 0 Å². The average Bonchev–Trinajstić information content (AvgIpc) is 2.72. The highest BCUT2D eigenvalue weighted by Gasteiger charge is 2.30. The van der Waals surface area contributed by atoms with Crippen molar-refractivity contribution >= 4 is 0 Å². The second-order valence-corrected chi connectivity index (χ2v) is 7.26. The van der Waals surface area contributed by atoms with Crippen LogP contribution in [0.4, 0.5) is 17.6 Å². The van der Waals surface area contributed by atoms with Crippen molar-refractivity contribution in [3.8, 4) is 16.9 Å². The van der Waals surface area contributed by atoms with E-state index in [-0.39, 0.29) is 11.9 Å². The van der Waals surface area contributed by atoms with Gasteiger partial charge in [0, 0.05) is 5.56 Å². The first kappa shape index (κ1) is 19.5. The molecule has 0 bridgehead atoms. The number of hydrogen-bond donors (Lipinski definition) is 0. The van der Waals surface area contributed by atoms with Gasteiger partial charge in [0.1, 0.15) is 17.7 Å². The third kappa shape index (κ3) is 4.00. The lowest BCUT2D eigenvalue weighted by Crippen LogP contribution is -2.15. The molecule has 0 spiro atoms. The Morgan fingerprint density at radius 2 is 1.72 bits per heavy atom. The van der Waals surface area contributed by atoms with Crippen molar-refractivity contribution in [3.05, 3.63) is 88.7 Å². The molecule has 0 radical (unpaired) electrons. The minimum Gasteiger partial charge on any atom is -0.485 e. The van der Waals surface area contributed by atoms with Crippen LogP contribution in [0.5, 0.6) is 5.75 Å². The second-order valence-electron chi connectivity index (χ2n) is 7.26. The first-order chi connectivity index (χ1) is 13.8. The summed E-state index contributed by atoms with van der Waals surface area (Å²) in [7, 11) is 0. The summed E-state index contributed by atoms with van der Waals surface area (Å²) >= 11 is 0. The summed E-state index contributed by atoms with van der Waals surface area (Å²) in [5.41, 5.74) is 3.32. The molecule has 1 atom stereocenters. The molecular formula is C24H20F4O. The van der Waals surface area contributed by atoms with Gasteiger partial charge in [0.05, 0.1) is 5.56 Å². The molecule has 5 heteroatoms. The lowest BCUT2D eigenvalue weighted by Gasteiger charge is -2.27. The lowest BCUT2D eigenvalue weighted by molar-refractivity contribution is -0.137. The van der Waals surface area contributed by atoms with E-state index in [0.717, 1.165) is 35.2 Å². The van der Waals surface area contributed by atoms with E-state index in [9.17, 15) is 17.6 Å². The molecule has 4 rings (SSSR count). The normalized spacial score (nSPS) is 16.2. The van der Waals surface area contributed by atoms with Crippen molar-refractivity contribution in [2.45, 2.75) is 38.5 Å². The van der Waals surface area contributed by atoms with Gasteiger partial charge in [-0.25, -0.2) is 4.39 Å². The van der Waals surface area contributed by atoms with Gasteiger partial charge in [-0.3, -0.25) is 0 Å². The van der Waals surface area contributed by atoms with Gasteiger partial charge in [0.15, 0.2) is 0 Å². The Balaban J connectivity index is 1.55. The van der Waals surface area contributed by atoms with Crippen LogP contribution in [0.25, 0.3) is 11.1 Å². The van der Waals surface area contributed by atoms with Crippen LogP contribution in [0.1, 0.15) is 41.7 Å². The van der Waals surface area contributed by atoms with Gasteiger partial charge in [-0.15, -0.1) is 0 Å². The molecule has 0 amide bonds. The van der Waals surface area contributed by atoms with Gasteiger partial charge in [-0.1, -0.05) is 37.3 Å². The molecule has 0 saturated heterocycles. The van der Waals surface area contributed by atoms with Gasteiger partial charge in [0.25, 0.3) is 0 Å². The molecule has 3 aromatic rings. The first-order valence-electron chi connectivity index (χ1n) is 9.60. The predicted octanol–water partition coefficient (Wildman–Crippen LogP) is 7.14. The first-order valence-corrected chi connectivity index (χ1v) is 9.60. The van der Waals surface area contributed by atoms with E-state index in [1.165, 1.54) is 12.1 Å². The minimum atomic E-state index is -4.35. The SMILES string of the molecule is CCc1ccc(-c2ccc3c(c2)CCC(c2ccc(C(F)(F)F)cc2)O3)c(F)c1. The summed E-state index contributed by atoms with van der Waals surface area (Å²) in [5, 5.41) is 0. The Hall–Kier alpha value is -2.82. The van der Waals surface area contributed by atoms with Crippen molar-refractivity contribution in [3.63, 3.8) is 0 Å². The van der Waals surface area contributed by atoms with Gasteiger partial charge >= 0.3 is 6.18 Å². The topological polar surface area (TPSA) is 9.23 Å². The van der Waals surface area contributed by atoms with E-state index in [2.05, 4.69) is 0 Å². The zero-order chi connectivity index (χ0) is 20.6. The Bertz CT molecular complexity index is 1020. The maximum absolute atomic E-state index is 14.4. The standard InChI is InChI=1S/C24H20F4O/c1-2-15-3-10-20(21(25)13-15)17-6-11-23-18(14-17)7-12-22(29-23)16-4-8-19(9-5-16)24(26,27)28/h3-6,8-11,13-14,22H,2,7,12H2,1H3. The maximum atomic E-state index is 14.4. The van der Waals surface area contributed by atoms with Crippen LogP contribution in [0, 0.1) is 5.82 Å². The van der Waals surface area contributed by atoms with E-state index < -0.39 is 11.7 Å². The molecule has 1 nitrogen and oxygen atoms in total. The number of aryl methyl sites for hydroxylation is 2. The monoisotopic (exact) mass is 400 g/mol. The Labute approximate surface area is 167 Å². The number of hydrogen-bond acceptors (Lipinski definition) is 1. The zero-order valence-electron chi connectivity index (χ0n) is 15.9. The molecule has 0 aliphatic carbocycles. The van der Waals surface area contributed by atoms with E-state index in [1.807, 2.05) is 31.2 Å². The molecule has 0 N–H and O–H groups in total. The van der Waals surface area contributed by atoms with Crippen LogP contribution in [-0.4, -0.2) is 0 Å². The summed E-state index contributed by atoms with van der Waals surface area (Å²) in [4.78, 5) is 0. The molecule has 1 aliphatic rings. The molecule has 1 unspecified atom stereocenters. The third-order valence-electron chi connectivity index (χ3n) is 5.37. The number of alkyl halides is 3. The smallest absolute Gasteiger partial charge is 0.416 e. The Morgan fingerprint density at radius 1 is 0.966 bits per heavy atom. The average molecular weight is 400 g/mol. The Morgan fingerprint density at radius 3 is 2.38 bits per heavy atom. The number of rotatable bonds is 3. The number of benzene rings is 3. The summed E-state index contributed by atoms with van der Waals surface area (Å²) in [6, 6.07) is 16.0. The highest BCUT2D eigenvalue weighted by atomic mass is 19.4. The number of fused-ring (bicyclic) bond motifs is 1. The number of ether oxygens (including phenoxy) is 1. The third-order valence-corrected chi connectivity index (χ3v) is 5.37. The van der Waals surface area contributed by atoms with Crippen LogP contribution < -0.4 is 4.74 Å². The van der Waals surface area contributed by atoms with E-state index in [0.29, 0.717) is 29.7 Å².